The van der Waals surface area contributed by atoms with E-state index in [0.717, 1.165) is 31.9 Å². The van der Waals surface area contributed by atoms with E-state index in [1.807, 2.05) is 0 Å². The molecule has 5 saturated carbocycles. The smallest absolute Gasteiger partial charge is 0.377 e. The van der Waals surface area contributed by atoms with Crippen LogP contribution >= 0.6 is 0 Å². The molecule has 0 aromatic heterocycles. The lowest BCUT2D eigenvalue weighted by Gasteiger charge is -2.73. The molecule has 0 amide bonds. The summed E-state index contributed by atoms with van der Waals surface area (Å²) >= 11 is 0. The minimum Gasteiger partial charge on any atom is -0.377 e. The first-order valence-electron chi connectivity index (χ1n) is 16.9. The maximum Gasteiger partial charge on any atom is 0.416 e. The Kier molecular flexibility index (Phi) is 6.30. The first-order chi connectivity index (χ1) is 19.9. The van der Waals surface area contributed by atoms with Gasteiger partial charge in [0, 0.05) is 5.41 Å². The maximum absolute atomic E-state index is 14.1. The predicted molar refractivity (Wildman–Crippen MR) is 164 cm³/mol. The van der Waals surface area contributed by atoms with Crippen molar-refractivity contribution in [3.63, 3.8) is 0 Å². The molecule has 4 unspecified atom stereocenters. The number of carbonyl (C=O) groups is 1. The molecule has 5 heteroatoms. The lowest BCUT2D eigenvalue weighted by molar-refractivity contribution is -0.236. The molecule has 1 aromatic rings. The number of hydrogen-bond acceptors (Lipinski definition) is 2. The highest BCUT2D eigenvalue weighted by atomic mass is 19.4. The molecular formula is C38H51F3O2. The SMILES string of the molecule is CC1(C)C(=O)/C(=C/c2ccccc2C(F)(F)F)C[C@@]2(C)C1CC[C@]1(C)C2CCC2C3[C@@H]4OC[C@@]3(CCC4(C)C)CC[C@]21C. The van der Waals surface area contributed by atoms with E-state index in [-0.39, 0.29) is 38.9 Å². The lowest BCUT2D eigenvalue weighted by Crippen LogP contribution is -2.67. The molecule has 2 nitrogen and oxygen atoms in total. The molecular weight excluding hydrogens is 545 g/mol. The lowest BCUT2D eigenvalue weighted by atomic mass is 9.31. The molecule has 2 bridgehead atoms. The first-order valence-corrected chi connectivity index (χ1v) is 16.9. The van der Waals surface area contributed by atoms with Gasteiger partial charge in [0.05, 0.1) is 18.3 Å². The summed E-state index contributed by atoms with van der Waals surface area (Å²) in [6, 6.07) is 5.72. The van der Waals surface area contributed by atoms with E-state index in [1.54, 1.807) is 12.1 Å². The second-order valence-electron chi connectivity index (χ2n) is 17.8. The number of ketones is 1. The van der Waals surface area contributed by atoms with Crippen molar-refractivity contribution in [3.05, 3.63) is 41.0 Å². The van der Waals surface area contributed by atoms with Crippen molar-refractivity contribution in [1.82, 2.24) is 0 Å². The second kappa shape index (κ2) is 9.01. The average molecular weight is 597 g/mol. The Hall–Kier alpha value is -1.62. The van der Waals surface area contributed by atoms with Gasteiger partial charge in [-0.1, -0.05) is 66.7 Å². The predicted octanol–water partition coefficient (Wildman–Crippen LogP) is 10.2. The molecule has 6 fully saturated rings. The fraction of sp³-hybridized carbons (Fsp3) is 0.763. The fourth-order valence-corrected chi connectivity index (χ4v) is 13.0. The molecule has 236 valence electrons. The topological polar surface area (TPSA) is 26.3 Å². The number of fused-ring (bicyclic) bond motifs is 5. The number of halogens is 3. The second-order valence-corrected chi connectivity index (χ2v) is 17.8. The Morgan fingerprint density at radius 2 is 1.53 bits per heavy atom. The molecule has 1 aliphatic heterocycles. The van der Waals surface area contributed by atoms with Crippen molar-refractivity contribution in [1.29, 1.82) is 0 Å². The molecule has 0 spiro atoms. The summed E-state index contributed by atoms with van der Waals surface area (Å²) in [5.41, 5.74) is 0.143. The summed E-state index contributed by atoms with van der Waals surface area (Å²) in [5, 5.41) is 0. The number of Topliss-reactive ketones (excluding diaryl/α,β-unsaturated/α-hetero) is 1. The van der Waals surface area contributed by atoms with Crippen LogP contribution < -0.4 is 0 Å². The zero-order valence-electron chi connectivity index (χ0n) is 27.3. The maximum atomic E-state index is 14.1. The van der Waals surface area contributed by atoms with Crippen molar-refractivity contribution in [2.24, 2.45) is 56.2 Å². The summed E-state index contributed by atoms with van der Waals surface area (Å²) < 4.78 is 48.6. The van der Waals surface area contributed by atoms with E-state index in [9.17, 15) is 18.0 Å². The van der Waals surface area contributed by atoms with Crippen LogP contribution in [0, 0.1) is 56.2 Å². The van der Waals surface area contributed by atoms with Gasteiger partial charge in [0.15, 0.2) is 5.78 Å². The number of allylic oxidation sites excluding steroid dienone is 1. The summed E-state index contributed by atoms with van der Waals surface area (Å²) in [7, 11) is 0. The highest BCUT2D eigenvalue weighted by Gasteiger charge is 2.73. The van der Waals surface area contributed by atoms with Gasteiger partial charge in [0.1, 0.15) is 0 Å². The Labute approximate surface area is 256 Å². The van der Waals surface area contributed by atoms with Crippen LogP contribution in [0.1, 0.15) is 117 Å². The zero-order chi connectivity index (χ0) is 31.0. The molecule has 5 aliphatic carbocycles. The van der Waals surface area contributed by atoms with E-state index in [0.29, 0.717) is 41.3 Å². The van der Waals surface area contributed by atoms with Crippen molar-refractivity contribution in [2.75, 3.05) is 6.61 Å². The van der Waals surface area contributed by atoms with Gasteiger partial charge in [0.2, 0.25) is 0 Å². The molecule has 6 aliphatic rings. The fourth-order valence-electron chi connectivity index (χ4n) is 13.0. The zero-order valence-corrected chi connectivity index (χ0v) is 27.3. The van der Waals surface area contributed by atoms with Gasteiger partial charge >= 0.3 is 6.18 Å². The van der Waals surface area contributed by atoms with E-state index in [4.69, 9.17) is 4.74 Å². The molecule has 0 radical (unpaired) electrons. The van der Waals surface area contributed by atoms with Gasteiger partial charge in [-0.15, -0.1) is 0 Å². The monoisotopic (exact) mass is 596 g/mol. The quantitative estimate of drug-likeness (QED) is 0.302. The Balaban J connectivity index is 1.29. The average Bonchev–Trinajstić information content (AvgIpc) is 3.25. The molecule has 0 N–H and O–H groups in total. The molecule has 7 rings (SSSR count). The third-order valence-corrected chi connectivity index (χ3v) is 15.3. The van der Waals surface area contributed by atoms with Crippen LogP contribution in [0.5, 0.6) is 0 Å². The number of hydrogen-bond donors (Lipinski definition) is 0. The number of alkyl halides is 3. The third kappa shape index (κ3) is 3.84. The Morgan fingerprint density at radius 1 is 0.837 bits per heavy atom. The number of carbonyl (C=O) groups excluding carboxylic acids is 1. The van der Waals surface area contributed by atoms with Crippen molar-refractivity contribution in [2.45, 2.75) is 119 Å². The van der Waals surface area contributed by atoms with Crippen molar-refractivity contribution >= 4 is 11.9 Å². The Morgan fingerprint density at radius 3 is 2.26 bits per heavy atom. The summed E-state index contributed by atoms with van der Waals surface area (Å²) in [6.07, 6.45) is 7.56. The van der Waals surface area contributed by atoms with Gasteiger partial charge in [-0.3, -0.25) is 4.79 Å². The van der Waals surface area contributed by atoms with Gasteiger partial charge < -0.3 is 4.74 Å². The highest BCUT2D eigenvalue weighted by molar-refractivity contribution is 6.04. The number of benzene rings is 1. The normalized spacial score (nSPS) is 47.3. The standard InChI is InChI=1S/C38H51F3O2/c1-32(2)16-18-37-19-17-35(6)26(29(37)31(32)43-22-37)12-13-28-34(5)21-24(20-23-10-8-9-11-25(23)38(39,40)41)30(42)33(3,4)27(34)14-15-36(28,35)7/h8-11,20,26-29,31H,12-19,21-22H2,1-7H3/b24-20+/t26?,27?,28?,29?,31-,34-,35+,36+,37+/m0/s1. The van der Waals surface area contributed by atoms with Crippen LogP contribution in [0.3, 0.4) is 0 Å². The summed E-state index contributed by atoms with van der Waals surface area (Å²) in [5.74, 6) is 1.95. The van der Waals surface area contributed by atoms with Crippen LogP contribution in [0.4, 0.5) is 13.2 Å². The summed E-state index contributed by atoms with van der Waals surface area (Å²) in [4.78, 5) is 14.1. The minimum absolute atomic E-state index is 0.0354. The van der Waals surface area contributed by atoms with E-state index in [1.165, 1.54) is 44.2 Å². The molecule has 1 saturated heterocycles. The first kappa shape index (κ1) is 30.1. The number of rotatable bonds is 1. The van der Waals surface area contributed by atoms with Gasteiger partial charge in [-0.25, -0.2) is 0 Å². The van der Waals surface area contributed by atoms with E-state index >= 15 is 0 Å². The minimum atomic E-state index is -4.46. The molecule has 43 heavy (non-hydrogen) atoms. The van der Waals surface area contributed by atoms with E-state index < -0.39 is 17.2 Å². The largest absolute Gasteiger partial charge is 0.416 e. The van der Waals surface area contributed by atoms with Gasteiger partial charge in [-0.2, -0.15) is 13.2 Å². The van der Waals surface area contributed by atoms with Crippen LogP contribution in [0.25, 0.3) is 6.08 Å². The molecule has 9 atom stereocenters. The van der Waals surface area contributed by atoms with Crippen molar-refractivity contribution in [3.8, 4) is 0 Å². The Bertz CT molecular complexity index is 1370. The molecule has 1 aromatic carbocycles. The van der Waals surface area contributed by atoms with Gasteiger partial charge in [-0.05, 0) is 132 Å². The highest BCUT2D eigenvalue weighted by Crippen LogP contribution is 2.78. The van der Waals surface area contributed by atoms with Crippen LogP contribution in [-0.2, 0) is 15.7 Å². The molecule has 1 heterocycles. The van der Waals surface area contributed by atoms with Crippen LogP contribution in [0.2, 0.25) is 0 Å². The van der Waals surface area contributed by atoms with E-state index in [2.05, 4.69) is 48.5 Å². The van der Waals surface area contributed by atoms with Crippen LogP contribution in [-0.4, -0.2) is 18.5 Å². The summed E-state index contributed by atoms with van der Waals surface area (Å²) in [6.45, 7) is 17.5. The third-order valence-electron chi connectivity index (χ3n) is 15.3. The van der Waals surface area contributed by atoms with Gasteiger partial charge in [0.25, 0.3) is 0 Å². The van der Waals surface area contributed by atoms with Crippen LogP contribution in [0.15, 0.2) is 29.8 Å². The number of ether oxygens (including phenoxy) is 1. The van der Waals surface area contributed by atoms with Crippen molar-refractivity contribution < 1.29 is 22.7 Å².